The van der Waals surface area contributed by atoms with Crippen LogP contribution in [0.15, 0.2) is 34.8 Å². The lowest BCUT2D eigenvalue weighted by Gasteiger charge is -2.07. The van der Waals surface area contributed by atoms with E-state index in [1.54, 1.807) is 25.1 Å². The molecule has 0 amide bonds. The molecule has 17 heavy (non-hydrogen) atoms. The standard InChI is InChI=1S/C12H10BrClO3/c1-7(2)12(16)9-4-3-8(5-10(9)13)17-6-11(14)15/h3-5H,1,6H2,2H3. The fraction of sp³-hybridized carbons (Fsp3) is 0.167. The average molecular weight is 318 g/mol. The van der Waals surface area contributed by atoms with Gasteiger partial charge in [-0.25, -0.2) is 0 Å². The first-order valence-corrected chi connectivity index (χ1v) is 5.90. The van der Waals surface area contributed by atoms with E-state index in [1.165, 1.54) is 0 Å². The number of hydrogen-bond donors (Lipinski definition) is 0. The molecule has 0 aliphatic carbocycles. The second-order valence-electron chi connectivity index (χ2n) is 3.39. The highest BCUT2D eigenvalue weighted by molar-refractivity contribution is 9.10. The molecule has 1 rings (SSSR count). The largest absolute Gasteiger partial charge is 0.484 e. The van der Waals surface area contributed by atoms with Crippen molar-refractivity contribution in [3.8, 4) is 5.75 Å². The fourth-order valence-electron chi connectivity index (χ4n) is 1.14. The lowest BCUT2D eigenvalue weighted by molar-refractivity contribution is -0.113. The zero-order valence-electron chi connectivity index (χ0n) is 9.13. The fourth-order valence-corrected chi connectivity index (χ4v) is 1.73. The first-order valence-electron chi connectivity index (χ1n) is 4.72. The number of hydrogen-bond acceptors (Lipinski definition) is 3. The Morgan fingerprint density at radius 1 is 1.47 bits per heavy atom. The number of allylic oxidation sites excluding steroid dienone is 1. The van der Waals surface area contributed by atoms with Crippen LogP contribution in [0.3, 0.4) is 0 Å². The Morgan fingerprint density at radius 2 is 2.12 bits per heavy atom. The van der Waals surface area contributed by atoms with Crippen molar-refractivity contribution >= 4 is 38.6 Å². The summed E-state index contributed by atoms with van der Waals surface area (Å²) < 4.78 is 5.69. The molecule has 1 aromatic carbocycles. The molecule has 0 radical (unpaired) electrons. The molecule has 0 aliphatic rings. The summed E-state index contributed by atoms with van der Waals surface area (Å²) in [6.45, 7) is 5.03. The molecule has 0 bridgehead atoms. The molecule has 0 N–H and O–H groups in total. The predicted molar refractivity (Wildman–Crippen MR) is 69.6 cm³/mol. The molecular formula is C12H10BrClO3. The van der Waals surface area contributed by atoms with Crippen molar-refractivity contribution in [3.63, 3.8) is 0 Å². The Hall–Kier alpha value is -1.13. The number of carbonyl (C=O) groups is 2. The first kappa shape index (κ1) is 13.9. The molecule has 1 aromatic rings. The molecule has 0 saturated carbocycles. The predicted octanol–water partition coefficient (Wildman–Crippen LogP) is 3.35. The summed E-state index contributed by atoms with van der Waals surface area (Å²) >= 11 is 8.41. The lowest BCUT2D eigenvalue weighted by Crippen LogP contribution is -2.05. The number of rotatable bonds is 5. The van der Waals surface area contributed by atoms with Gasteiger partial charge in [-0.3, -0.25) is 9.59 Å². The van der Waals surface area contributed by atoms with Gasteiger partial charge < -0.3 is 4.74 Å². The molecule has 5 heteroatoms. The number of Topliss-reactive ketones (excluding diaryl/α,β-unsaturated/α-hetero) is 1. The smallest absolute Gasteiger partial charge is 0.259 e. The molecule has 3 nitrogen and oxygen atoms in total. The summed E-state index contributed by atoms with van der Waals surface area (Å²) in [5, 5.41) is -0.580. The van der Waals surface area contributed by atoms with Crippen molar-refractivity contribution in [1.29, 1.82) is 0 Å². The summed E-state index contributed by atoms with van der Waals surface area (Å²) in [5.74, 6) is 0.320. The van der Waals surface area contributed by atoms with Crippen LogP contribution in [0.5, 0.6) is 5.75 Å². The highest BCUT2D eigenvalue weighted by atomic mass is 79.9. The number of halogens is 2. The highest BCUT2D eigenvalue weighted by Crippen LogP contribution is 2.25. The molecule has 0 fully saturated rings. The summed E-state index contributed by atoms with van der Waals surface area (Å²) in [4.78, 5) is 22.2. The van der Waals surface area contributed by atoms with Crippen molar-refractivity contribution < 1.29 is 14.3 Å². The quantitative estimate of drug-likeness (QED) is 0.475. The van der Waals surface area contributed by atoms with E-state index in [9.17, 15) is 9.59 Å². The van der Waals surface area contributed by atoms with E-state index in [2.05, 4.69) is 22.5 Å². The molecule has 0 spiro atoms. The van der Waals surface area contributed by atoms with Gasteiger partial charge in [-0.05, 0) is 58.2 Å². The van der Waals surface area contributed by atoms with Crippen LogP contribution in [-0.4, -0.2) is 17.6 Å². The van der Waals surface area contributed by atoms with Gasteiger partial charge in [0, 0.05) is 10.0 Å². The number of carbonyl (C=O) groups excluding carboxylic acids is 2. The second kappa shape index (κ2) is 5.98. The van der Waals surface area contributed by atoms with Gasteiger partial charge in [0.15, 0.2) is 12.4 Å². The maximum absolute atomic E-state index is 11.7. The topological polar surface area (TPSA) is 43.4 Å². The third-order valence-corrected chi connectivity index (χ3v) is 2.69. The first-order chi connectivity index (χ1) is 7.91. The number of benzene rings is 1. The third kappa shape index (κ3) is 3.98. The van der Waals surface area contributed by atoms with Crippen LogP contribution in [0.2, 0.25) is 0 Å². The van der Waals surface area contributed by atoms with Gasteiger partial charge in [-0.2, -0.15) is 0 Å². The minimum absolute atomic E-state index is 0.142. The molecular weight excluding hydrogens is 307 g/mol. The van der Waals surface area contributed by atoms with Crippen molar-refractivity contribution in [2.24, 2.45) is 0 Å². The van der Waals surface area contributed by atoms with Gasteiger partial charge in [-0.15, -0.1) is 0 Å². The van der Waals surface area contributed by atoms with Gasteiger partial charge in [0.25, 0.3) is 5.24 Å². The summed E-state index contributed by atoms with van der Waals surface area (Å²) in [6, 6.07) is 4.81. The monoisotopic (exact) mass is 316 g/mol. The summed E-state index contributed by atoms with van der Waals surface area (Å²) in [7, 11) is 0. The molecule has 0 heterocycles. The Labute approximate surface area is 113 Å². The van der Waals surface area contributed by atoms with Crippen LogP contribution in [0.1, 0.15) is 17.3 Å². The van der Waals surface area contributed by atoms with Crippen LogP contribution in [0.25, 0.3) is 0 Å². The summed E-state index contributed by atoms with van der Waals surface area (Å²) in [6.07, 6.45) is 0. The maximum atomic E-state index is 11.7. The summed E-state index contributed by atoms with van der Waals surface area (Å²) in [5.41, 5.74) is 0.956. The van der Waals surface area contributed by atoms with Crippen LogP contribution in [-0.2, 0) is 4.79 Å². The van der Waals surface area contributed by atoms with Crippen LogP contribution < -0.4 is 4.74 Å². The van der Waals surface area contributed by atoms with E-state index >= 15 is 0 Å². The average Bonchev–Trinajstić information content (AvgIpc) is 2.25. The number of ketones is 1. The molecule has 0 aliphatic heterocycles. The SMILES string of the molecule is C=C(C)C(=O)c1ccc(OCC(=O)Cl)cc1Br. The normalized spacial score (nSPS) is 9.82. The Morgan fingerprint density at radius 3 is 2.59 bits per heavy atom. The minimum atomic E-state index is -0.580. The van der Waals surface area contributed by atoms with Gasteiger partial charge in [0.2, 0.25) is 0 Å². The third-order valence-electron chi connectivity index (χ3n) is 1.93. The van der Waals surface area contributed by atoms with Crippen molar-refractivity contribution in [1.82, 2.24) is 0 Å². The van der Waals surface area contributed by atoms with Crippen LogP contribution in [0.4, 0.5) is 0 Å². The Bertz CT molecular complexity index is 483. The van der Waals surface area contributed by atoms with E-state index in [0.717, 1.165) is 0 Å². The van der Waals surface area contributed by atoms with E-state index in [1.807, 2.05) is 0 Å². The van der Waals surface area contributed by atoms with Crippen molar-refractivity contribution in [2.45, 2.75) is 6.92 Å². The van der Waals surface area contributed by atoms with Crippen LogP contribution in [0, 0.1) is 0 Å². The zero-order valence-corrected chi connectivity index (χ0v) is 11.5. The van der Waals surface area contributed by atoms with E-state index in [4.69, 9.17) is 16.3 Å². The zero-order chi connectivity index (χ0) is 13.0. The van der Waals surface area contributed by atoms with Gasteiger partial charge >= 0.3 is 0 Å². The highest BCUT2D eigenvalue weighted by Gasteiger charge is 2.11. The number of ether oxygens (including phenoxy) is 1. The van der Waals surface area contributed by atoms with Gasteiger partial charge in [0.05, 0.1) is 0 Å². The molecule has 0 atom stereocenters. The van der Waals surface area contributed by atoms with Crippen molar-refractivity contribution in [2.75, 3.05) is 6.61 Å². The van der Waals surface area contributed by atoms with E-state index in [-0.39, 0.29) is 12.4 Å². The maximum Gasteiger partial charge on any atom is 0.259 e. The Balaban J connectivity index is 2.90. The molecule has 0 unspecified atom stereocenters. The lowest BCUT2D eigenvalue weighted by atomic mass is 10.1. The molecule has 0 saturated heterocycles. The van der Waals surface area contributed by atoms with Crippen molar-refractivity contribution in [3.05, 3.63) is 40.4 Å². The minimum Gasteiger partial charge on any atom is -0.484 e. The molecule has 90 valence electrons. The second-order valence-corrected chi connectivity index (χ2v) is 4.67. The molecule has 0 aromatic heterocycles. The van der Waals surface area contributed by atoms with Gasteiger partial charge in [-0.1, -0.05) is 6.58 Å². The van der Waals surface area contributed by atoms with Crippen LogP contribution >= 0.6 is 27.5 Å². The van der Waals surface area contributed by atoms with Gasteiger partial charge in [0.1, 0.15) is 5.75 Å². The van der Waals surface area contributed by atoms with E-state index < -0.39 is 5.24 Å². The van der Waals surface area contributed by atoms with E-state index in [0.29, 0.717) is 21.4 Å². The Kier molecular flexibility index (Phi) is 4.90.